The Morgan fingerprint density at radius 2 is 2.07 bits per heavy atom. The second-order valence-corrected chi connectivity index (χ2v) is 5.04. The van der Waals surface area contributed by atoms with Crippen LogP contribution in [0, 0.1) is 11.3 Å². The standard InChI is InChI=1S/C7H10N2O5S/c1-5(7(11)12)15(13,14)4-6(10)9-3-2-8/h5H,3-4H2,1H3,(H,9,10)(H,11,12). The first kappa shape index (κ1) is 13.4. The number of sulfone groups is 1. The maximum atomic E-state index is 11.2. The van der Waals surface area contributed by atoms with E-state index in [4.69, 9.17) is 10.4 Å². The van der Waals surface area contributed by atoms with E-state index >= 15 is 0 Å². The Kier molecular flexibility index (Phi) is 4.73. The number of nitrogens with one attached hydrogen (secondary N) is 1. The Bertz CT molecular complexity index is 394. The van der Waals surface area contributed by atoms with E-state index in [1.165, 1.54) is 0 Å². The molecule has 2 N–H and O–H groups in total. The Morgan fingerprint density at radius 3 is 2.47 bits per heavy atom. The molecule has 0 aromatic heterocycles. The second kappa shape index (κ2) is 5.31. The van der Waals surface area contributed by atoms with Crippen LogP contribution < -0.4 is 5.32 Å². The largest absolute Gasteiger partial charge is 0.480 e. The average Bonchev–Trinajstić information content (AvgIpc) is 2.12. The lowest BCUT2D eigenvalue weighted by atomic mass is 10.5. The van der Waals surface area contributed by atoms with Crippen LogP contribution in [-0.4, -0.2) is 42.9 Å². The summed E-state index contributed by atoms with van der Waals surface area (Å²) in [6.45, 7) is 0.672. The van der Waals surface area contributed by atoms with Crippen molar-refractivity contribution >= 4 is 21.7 Å². The summed E-state index contributed by atoms with van der Waals surface area (Å²) >= 11 is 0. The highest BCUT2D eigenvalue weighted by molar-refractivity contribution is 7.93. The lowest BCUT2D eigenvalue weighted by Gasteiger charge is -2.07. The van der Waals surface area contributed by atoms with Gasteiger partial charge < -0.3 is 10.4 Å². The fourth-order valence-electron chi connectivity index (χ4n) is 0.650. The molecule has 1 unspecified atom stereocenters. The van der Waals surface area contributed by atoms with Crippen molar-refractivity contribution in [3.8, 4) is 6.07 Å². The van der Waals surface area contributed by atoms with Crippen molar-refractivity contribution in [1.82, 2.24) is 5.32 Å². The Morgan fingerprint density at radius 1 is 1.53 bits per heavy atom. The van der Waals surface area contributed by atoms with Gasteiger partial charge >= 0.3 is 5.97 Å². The van der Waals surface area contributed by atoms with Crippen LogP contribution in [-0.2, 0) is 19.4 Å². The molecule has 0 heterocycles. The van der Waals surface area contributed by atoms with Gasteiger partial charge in [0, 0.05) is 0 Å². The molecule has 0 aliphatic carbocycles. The van der Waals surface area contributed by atoms with Gasteiger partial charge in [0.05, 0.1) is 6.07 Å². The second-order valence-electron chi connectivity index (χ2n) is 2.72. The average molecular weight is 234 g/mol. The van der Waals surface area contributed by atoms with Gasteiger partial charge in [-0.05, 0) is 6.92 Å². The van der Waals surface area contributed by atoms with Gasteiger partial charge in [-0.1, -0.05) is 0 Å². The van der Waals surface area contributed by atoms with E-state index in [-0.39, 0.29) is 6.54 Å². The van der Waals surface area contributed by atoms with Crippen LogP contribution in [0.2, 0.25) is 0 Å². The number of nitrogens with zero attached hydrogens (tertiary/aromatic N) is 1. The minimum absolute atomic E-state index is 0.310. The molecule has 0 aliphatic rings. The molecule has 0 aromatic rings. The first-order valence-electron chi connectivity index (χ1n) is 3.89. The molecule has 1 atom stereocenters. The molecule has 0 fully saturated rings. The molecule has 0 radical (unpaired) electrons. The van der Waals surface area contributed by atoms with Crippen LogP contribution in [0.5, 0.6) is 0 Å². The van der Waals surface area contributed by atoms with Gasteiger partial charge in [0.15, 0.2) is 15.1 Å². The third-order valence-corrected chi connectivity index (χ3v) is 3.53. The third kappa shape index (κ3) is 4.42. The van der Waals surface area contributed by atoms with Gasteiger partial charge in [-0.2, -0.15) is 5.26 Å². The van der Waals surface area contributed by atoms with Crippen molar-refractivity contribution in [1.29, 1.82) is 5.26 Å². The van der Waals surface area contributed by atoms with Crippen LogP contribution in [0.3, 0.4) is 0 Å². The van der Waals surface area contributed by atoms with Crippen molar-refractivity contribution in [3.05, 3.63) is 0 Å². The molecule has 0 bridgehead atoms. The summed E-state index contributed by atoms with van der Waals surface area (Å²) in [5.41, 5.74) is 0. The summed E-state index contributed by atoms with van der Waals surface area (Å²) in [5.74, 6) is -3.32. The molecule has 84 valence electrons. The van der Waals surface area contributed by atoms with Crippen molar-refractivity contribution in [3.63, 3.8) is 0 Å². The summed E-state index contributed by atoms with van der Waals surface area (Å²) < 4.78 is 22.4. The van der Waals surface area contributed by atoms with E-state index in [1.807, 2.05) is 5.32 Å². The van der Waals surface area contributed by atoms with E-state index < -0.39 is 32.7 Å². The number of carboxylic acid groups (broad SMARTS) is 1. The SMILES string of the molecule is CC(C(=O)O)S(=O)(=O)CC(=O)NCC#N. The number of nitriles is 1. The number of carbonyl (C=O) groups excluding carboxylic acids is 1. The number of aliphatic carboxylic acids is 1. The molecule has 7 nitrogen and oxygen atoms in total. The molecule has 1 amide bonds. The molecule has 0 aromatic carbocycles. The zero-order valence-electron chi connectivity index (χ0n) is 7.93. The number of hydrogen-bond acceptors (Lipinski definition) is 5. The van der Waals surface area contributed by atoms with Crippen LogP contribution in [0.25, 0.3) is 0 Å². The van der Waals surface area contributed by atoms with Gasteiger partial charge in [0.2, 0.25) is 5.91 Å². The fourth-order valence-corrected chi connectivity index (χ4v) is 1.68. The number of hydrogen-bond donors (Lipinski definition) is 2. The summed E-state index contributed by atoms with van der Waals surface area (Å²) in [5, 5.41) is 16.9. The van der Waals surface area contributed by atoms with Gasteiger partial charge in [-0.25, -0.2) is 8.42 Å². The van der Waals surface area contributed by atoms with Crippen LogP contribution in [0.4, 0.5) is 0 Å². The lowest BCUT2D eigenvalue weighted by molar-refractivity contribution is -0.136. The summed E-state index contributed by atoms with van der Waals surface area (Å²) in [4.78, 5) is 21.3. The van der Waals surface area contributed by atoms with Crippen molar-refractivity contribution in [2.24, 2.45) is 0 Å². The zero-order chi connectivity index (χ0) is 12.1. The van der Waals surface area contributed by atoms with E-state index in [0.29, 0.717) is 0 Å². The summed E-state index contributed by atoms with van der Waals surface area (Å²) in [7, 11) is -4.01. The molecule has 15 heavy (non-hydrogen) atoms. The van der Waals surface area contributed by atoms with Crippen molar-refractivity contribution < 1.29 is 23.1 Å². The first-order valence-corrected chi connectivity index (χ1v) is 5.61. The van der Waals surface area contributed by atoms with Gasteiger partial charge in [0.1, 0.15) is 12.3 Å². The summed E-state index contributed by atoms with van der Waals surface area (Å²) in [6.07, 6.45) is 0. The zero-order valence-corrected chi connectivity index (χ0v) is 8.74. The minimum Gasteiger partial charge on any atom is -0.480 e. The normalized spacial score (nSPS) is 12.5. The molecule has 0 saturated heterocycles. The molecular weight excluding hydrogens is 224 g/mol. The smallest absolute Gasteiger partial charge is 0.321 e. The molecule has 0 spiro atoms. The van der Waals surface area contributed by atoms with Crippen molar-refractivity contribution in [2.45, 2.75) is 12.2 Å². The number of rotatable bonds is 5. The lowest BCUT2D eigenvalue weighted by Crippen LogP contribution is -2.37. The van der Waals surface area contributed by atoms with E-state index in [1.54, 1.807) is 6.07 Å². The number of carboxylic acids is 1. The topological polar surface area (TPSA) is 124 Å². The highest BCUT2D eigenvalue weighted by Crippen LogP contribution is 2.01. The van der Waals surface area contributed by atoms with Gasteiger partial charge in [-0.3, -0.25) is 9.59 Å². The predicted octanol–water partition coefficient (Wildman–Crippen LogP) is -1.49. The third-order valence-electron chi connectivity index (χ3n) is 1.58. The minimum atomic E-state index is -4.01. The maximum absolute atomic E-state index is 11.2. The Balaban J connectivity index is 4.47. The van der Waals surface area contributed by atoms with E-state index in [2.05, 4.69) is 0 Å². The van der Waals surface area contributed by atoms with Gasteiger partial charge in [0.25, 0.3) is 0 Å². The van der Waals surface area contributed by atoms with Crippen LogP contribution >= 0.6 is 0 Å². The monoisotopic (exact) mass is 234 g/mol. The maximum Gasteiger partial charge on any atom is 0.321 e. The molecule has 8 heteroatoms. The predicted molar refractivity (Wildman–Crippen MR) is 49.5 cm³/mol. The van der Waals surface area contributed by atoms with E-state index in [9.17, 15) is 18.0 Å². The van der Waals surface area contributed by atoms with Crippen LogP contribution in [0.15, 0.2) is 0 Å². The quantitative estimate of drug-likeness (QED) is 0.558. The van der Waals surface area contributed by atoms with Crippen molar-refractivity contribution in [2.75, 3.05) is 12.3 Å². The highest BCUT2D eigenvalue weighted by Gasteiger charge is 2.29. The van der Waals surface area contributed by atoms with Crippen LogP contribution in [0.1, 0.15) is 6.92 Å². The number of carbonyl (C=O) groups is 2. The number of amides is 1. The molecule has 0 rings (SSSR count). The highest BCUT2D eigenvalue weighted by atomic mass is 32.2. The van der Waals surface area contributed by atoms with E-state index in [0.717, 1.165) is 6.92 Å². The first-order chi connectivity index (χ1) is 6.81. The summed E-state index contributed by atoms with van der Waals surface area (Å²) in [6, 6.07) is 1.59. The van der Waals surface area contributed by atoms with Gasteiger partial charge in [-0.15, -0.1) is 0 Å². The molecular formula is C7H10N2O5S. The molecule has 0 aliphatic heterocycles. The Labute approximate surface area is 86.6 Å². The molecule has 0 saturated carbocycles. The fraction of sp³-hybridized carbons (Fsp3) is 0.571. The Hall–Kier alpha value is -1.62.